The number of fused-ring (bicyclic) bond motifs is 1. The van der Waals surface area contributed by atoms with E-state index in [0.717, 1.165) is 5.82 Å². The maximum Gasteiger partial charge on any atom is 0.178 e. The quantitative estimate of drug-likeness (QED) is 0.761. The molecule has 2 heterocycles. The highest BCUT2D eigenvalue weighted by Crippen LogP contribution is 2.07. The SMILES string of the molecule is COCCc1nnc2ccc(Cl)nn12. The second kappa shape index (κ2) is 3.89. The minimum atomic E-state index is 0.427. The maximum absolute atomic E-state index is 5.76. The van der Waals surface area contributed by atoms with Crippen molar-refractivity contribution in [3.05, 3.63) is 23.1 Å². The van der Waals surface area contributed by atoms with E-state index in [1.54, 1.807) is 23.8 Å². The van der Waals surface area contributed by atoms with Gasteiger partial charge in [0.25, 0.3) is 0 Å². The molecule has 0 radical (unpaired) electrons. The lowest BCUT2D eigenvalue weighted by atomic mass is 10.4. The lowest BCUT2D eigenvalue weighted by Gasteiger charge is -1.97. The molecular weight excluding hydrogens is 204 g/mol. The predicted octanol–water partition coefficient (Wildman–Crippen LogP) is 0.967. The normalized spacial score (nSPS) is 11.0. The summed E-state index contributed by atoms with van der Waals surface area (Å²) in [4.78, 5) is 0. The van der Waals surface area contributed by atoms with Gasteiger partial charge in [-0.2, -0.15) is 9.61 Å². The van der Waals surface area contributed by atoms with Crippen molar-refractivity contribution in [2.24, 2.45) is 0 Å². The standard InChI is InChI=1S/C8H9ClN4O/c1-14-5-4-8-11-10-7-3-2-6(9)12-13(7)8/h2-3H,4-5H2,1H3. The van der Waals surface area contributed by atoms with Gasteiger partial charge >= 0.3 is 0 Å². The summed E-state index contributed by atoms with van der Waals surface area (Å²) in [7, 11) is 1.64. The van der Waals surface area contributed by atoms with E-state index in [2.05, 4.69) is 15.3 Å². The average molecular weight is 213 g/mol. The van der Waals surface area contributed by atoms with Crippen LogP contribution in [0.5, 0.6) is 0 Å². The van der Waals surface area contributed by atoms with Crippen LogP contribution in [0.1, 0.15) is 5.82 Å². The van der Waals surface area contributed by atoms with Gasteiger partial charge in [-0.15, -0.1) is 10.2 Å². The molecule has 0 aliphatic rings. The smallest absolute Gasteiger partial charge is 0.178 e. The van der Waals surface area contributed by atoms with E-state index >= 15 is 0 Å². The summed E-state index contributed by atoms with van der Waals surface area (Å²) in [6.45, 7) is 0.592. The molecule has 0 bridgehead atoms. The Labute approximate surface area is 85.7 Å². The Morgan fingerprint density at radius 2 is 2.29 bits per heavy atom. The topological polar surface area (TPSA) is 52.3 Å². The van der Waals surface area contributed by atoms with Crippen molar-refractivity contribution in [3.63, 3.8) is 0 Å². The van der Waals surface area contributed by atoms with Crippen LogP contribution in [0, 0.1) is 0 Å². The largest absolute Gasteiger partial charge is 0.384 e. The van der Waals surface area contributed by atoms with Crippen molar-refractivity contribution < 1.29 is 4.74 Å². The van der Waals surface area contributed by atoms with Gasteiger partial charge in [0.05, 0.1) is 6.61 Å². The zero-order chi connectivity index (χ0) is 9.97. The number of aromatic nitrogens is 4. The van der Waals surface area contributed by atoms with E-state index in [9.17, 15) is 0 Å². The molecule has 5 nitrogen and oxygen atoms in total. The first-order valence-electron chi connectivity index (χ1n) is 4.17. The van der Waals surface area contributed by atoms with Crippen LogP contribution in [0.2, 0.25) is 5.15 Å². The first-order chi connectivity index (χ1) is 6.81. The van der Waals surface area contributed by atoms with Crippen LogP contribution >= 0.6 is 11.6 Å². The number of halogens is 1. The summed E-state index contributed by atoms with van der Waals surface area (Å²) in [6.07, 6.45) is 0.672. The third-order valence-electron chi connectivity index (χ3n) is 1.82. The summed E-state index contributed by atoms with van der Waals surface area (Å²) in [5, 5.41) is 12.5. The van der Waals surface area contributed by atoms with Crippen molar-refractivity contribution in [1.82, 2.24) is 19.8 Å². The Balaban J connectivity index is 2.40. The lowest BCUT2D eigenvalue weighted by molar-refractivity contribution is 0.200. The summed E-state index contributed by atoms with van der Waals surface area (Å²) in [5.74, 6) is 0.754. The Morgan fingerprint density at radius 1 is 1.43 bits per heavy atom. The molecule has 74 valence electrons. The highest BCUT2D eigenvalue weighted by Gasteiger charge is 2.05. The maximum atomic E-state index is 5.76. The molecule has 0 aliphatic heterocycles. The summed E-state index contributed by atoms with van der Waals surface area (Å²) < 4.78 is 6.58. The first kappa shape index (κ1) is 9.36. The number of rotatable bonds is 3. The van der Waals surface area contributed by atoms with Gasteiger partial charge in [-0.1, -0.05) is 11.6 Å². The number of hydrogen-bond donors (Lipinski definition) is 0. The second-order valence-electron chi connectivity index (χ2n) is 2.79. The Kier molecular flexibility index (Phi) is 2.60. The zero-order valence-electron chi connectivity index (χ0n) is 7.64. The molecule has 0 saturated carbocycles. The molecule has 2 aromatic rings. The van der Waals surface area contributed by atoms with Crippen molar-refractivity contribution in [2.45, 2.75) is 6.42 Å². The molecule has 2 rings (SSSR count). The van der Waals surface area contributed by atoms with Crippen LogP contribution in [0.25, 0.3) is 5.65 Å². The van der Waals surface area contributed by atoms with Crippen LogP contribution in [-0.4, -0.2) is 33.5 Å². The molecule has 0 unspecified atom stereocenters. The van der Waals surface area contributed by atoms with E-state index in [4.69, 9.17) is 16.3 Å². The molecule has 0 aliphatic carbocycles. The molecule has 6 heteroatoms. The lowest BCUT2D eigenvalue weighted by Crippen LogP contribution is -2.02. The average Bonchev–Trinajstić information content (AvgIpc) is 2.57. The molecule has 0 N–H and O–H groups in total. The summed E-state index contributed by atoms with van der Waals surface area (Å²) in [6, 6.07) is 3.46. The number of hydrogen-bond acceptors (Lipinski definition) is 4. The summed E-state index contributed by atoms with van der Waals surface area (Å²) in [5.41, 5.74) is 0.695. The van der Waals surface area contributed by atoms with Crippen LogP contribution < -0.4 is 0 Å². The monoisotopic (exact) mass is 212 g/mol. The highest BCUT2D eigenvalue weighted by molar-refractivity contribution is 6.29. The molecule has 0 atom stereocenters. The number of nitrogens with zero attached hydrogens (tertiary/aromatic N) is 4. The fraction of sp³-hybridized carbons (Fsp3) is 0.375. The van der Waals surface area contributed by atoms with Crippen LogP contribution in [0.4, 0.5) is 0 Å². The molecule has 0 saturated heterocycles. The number of methoxy groups -OCH3 is 1. The van der Waals surface area contributed by atoms with Gasteiger partial charge in [0, 0.05) is 13.5 Å². The van der Waals surface area contributed by atoms with Gasteiger partial charge in [-0.25, -0.2) is 0 Å². The van der Waals surface area contributed by atoms with Gasteiger partial charge in [-0.05, 0) is 12.1 Å². The molecule has 14 heavy (non-hydrogen) atoms. The fourth-order valence-electron chi connectivity index (χ4n) is 1.16. The van der Waals surface area contributed by atoms with E-state index in [-0.39, 0.29) is 0 Å². The van der Waals surface area contributed by atoms with Crippen LogP contribution in [0.15, 0.2) is 12.1 Å². The Bertz CT molecular complexity index is 442. The van der Waals surface area contributed by atoms with Gasteiger partial charge in [0.15, 0.2) is 11.5 Å². The minimum Gasteiger partial charge on any atom is -0.384 e. The van der Waals surface area contributed by atoms with E-state index < -0.39 is 0 Å². The third kappa shape index (κ3) is 1.69. The third-order valence-corrected chi connectivity index (χ3v) is 2.03. The second-order valence-corrected chi connectivity index (χ2v) is 3.17. The number of ether oxygens (including phenoxy) is 1. The Morgan fingerprint density at radius 3 is 3.07 bits per heavy atom. The molecular formula is C8H9ClN4O. The molecule has 0 aromatic carbocycles. The van der Waals surface area contributed by atoms with Gasteiger partial charge < -0.3 is 4.74 Å². The van der Waals surface area contributed by atoms with Gasteiger partial charge in [0.2, 0.25) is 0 Å². The Hall–Kier alpha value is -1.20. The van der Waals surface area contributed by atoms with Crippen LogP contribution in [-0.2, 0) is 11.2 Å². The fourth-order valence-corrected chi connectivity index (χ4v) is 1.30. The van der Waals surface area contributed by atoms with E-state index in [1.807, 2.05) is 0 Å². The predicted molar refractivity (Wildman–Crippen MR) is 51.4 cm³/mol. The molecule has 0 amide bonds. The van der Waals surface area contributed by atoms with Crippen molar-refractivity contribution >= 4 is 17.2 Å². The van der Waals surface area contributed by atoms with E-state index in [0.29, 0.717) is 23.8 Å². The molecule has 2 aromatic heterocycles. The van der Waals surface area contributed by atoms with Crippen molar-refractivity contribution in [3.8, 4) is 0 Å². The first-order valence-corrected chi connectivity index (χ1v) is 4.55. The van der Waals surface area contributed by atoms with Crippen molar-refractivity contribution in [2.75, 3.05) is 13.7 Å². The van der Waals surface area contributed by atoms with E-state index in [1.165, 1.54) is 0 Å². The van der Waals surface area contributed by atoms with Crippen molar-refractivity contribution in [1.29, 1.82) is 0 Å². The highest BCUT2D eigenvalue weighted by atomic mass is 35.5. The zero-order valence-corrected chi connectivity index (χ0v) is 8.40. The molecule has 0 fully saturated rings. The van der Waals surface area contributed by atoms with Gasteiger partial charge in [-0.3, -0.25) is 0 Å². The summed E-state index contributed by atoms with van der Waals surface area (Å²) >= 11 is 5.76. The van der Waals surface area contributed by atoms with Gasteiger partial charge in [0.1, 0.15) is 5.15 Å². The van der Waals surface area contributed by atoms with Crippen LogP contribution in [0.3, 0.4) is 0 Å². The molecule has 0 spiro atoms. The minimum absolute atomic E-state index is 0.427.